The predicted molar refractivity (Wildman–Crippen MR) is 119 cm³/mol. The Morgan fingerprint density at radius 2 is 1.76 bits per heavy atom. The van der Waals surface area contributed by atoms with Gasteiger partial charge in [0.25, 0.3) is 5.56 Å². The number of amides is 1. The van der Waals surface area contributed by atoms with Gasteiger partial charge in [-0.15, -0.1) is 10.2 Å². The third kappa shape index (κ3) is 3.24. The average molecular weight is 450 g/mol. The van der Waals surface area contributed by atoms with Crippen LogP contribution in [0.1, 0.15) is 44.3 Å². The van der Waals surface area contributed by atoms with Gasteiger partial charge in [-0.05, 0) is 68.4 Å². The Morgan fingerprint density at radius 1 is 1.09 bits per heavy atom. The minimum absolute atomic E-state index is 0.00692. The Hall–Kier alpha value is -3.23. The van der Waals surface area contributed by atoms with E-state index in [9.17, 15) is 14.4 Å². The van der Waals surface area contributed by atoms with Crippen molar-refractivity contribution in [2.75, 3.05) is 6.54 Å². The van der Waals surface area contributed by atoms with E-state index in [0.717, 1.165) is 19.3 Å². The first-order valence-electron chi connectivity index (χ1n) is 11.7. The van der Waals surface area contributed by atoms with Crippen molar-refractivity contribution in [3.63, 3.8) is 0 Å². The fourth-order valence-corrected chi connectivity index (χ4v) is 6.91. The fourth-order valence-electron chi connectivity index (χ4n) is 6.91. The van der Waals surface area contributed by atoms with Gasteiger partial charge in [-0.1, -0.05) is 12.1 Å². The van der Waals surface area contributed by atoms with Crippen molar-refractivity contribution in [3.8, 4) is 0 Å². The van der Waals surface area contributed by atoms with Crippen LogP contribution in [-0.4, -0.2) is 37.6 Å². The number of hydrogen-bond donors (Lipinski definition) is 1. The van der Waals surface area contributed by atoms with Crippen LogP contribution in [0.4, 0.5) is 0 Å². The molecule has 172 valence electrons. The van der Waals surface area contributed by atoms with E-state index in [0.29, 0.717) is 40.3 Å². The summed E-state index contributed by atoms with van der Waals surface area (Å²) < 4.78 is 8.56. The van der Waals surface area contributed by atoms with Crippen LogP contribution in [0.5, 0.6) is 0 Å². The molecular weight excluding hydrogens is 422 g/mol. The van der Waals surface area contributed by atoms with Gasteiger partial charge in [0.05, 0.1) is 10.9 Å². The van der Waals surface area contributed by atoms with Gasteiger partial charge in [-0.25, -0.2) is 0 Å². The number of carbonyl (C=O) groups is 2. The molecule has 2 aromatic heterocycles. The van der Waals surface area contributed by atoms with Crippen molar-refractivity contribution >= 4 is 28.6 Å². The van der Waals surface area contributed by atoms with Crippen LogP contribution in [0.2, 0.25) is 0 Å². The summed E-state index contributed by atoms with van der Waals surface area (Å²) in [4.78, 5) is 38.0. The van der Waals surface area contributed by atoms with Gasteiger partial charge in [0, 0.05) is 12.5 Å². The molecule has 0 saturated heterocycles. The van der Waals surface area contributed by atoms with Gasteiger partial charge in [0.1, 0.15) is 6.54 Å². The number of carbonyl (C=O) groups excluding carboxylic acids is 2. The molecule has 9 nitrogen and oxygen atoms in total. The van der Waals surface area contributed by atoms with E-state index in [1.54, 1.807) is 23.6 Å². The standard InChI is InChI=1S/C24H27N5O4/c1-28-21(31)17-4-2-3-5-18(17)29-19(26-27-23(28)29)13-33-20(30)12-25-22(32)24-9-14-6-15(10-24)8-16(7-14)11-24/h2-5,14-16H,6-13H2,1H3,(H,25,32). The summed E-state index contributed by atoms with van der Waals surface area (Å²) in [5, 5.41) is 11.6. The Kier molecular flexibility index (Phi) is 4.57. The van der Waals surface area contributed by atoms with Crippen LogP contribution in [-0.2, 0) is 28.0 Å². The maximum absolute atomic E-state index is 13.0. The Morgan fingerprint density at radius 3 is 2.45 bits per heavy atom. The molecule has 1 aromatic carbocycles. The highest BCUT2D eigenvalue weighted by molar-refractivity contribution is 5.86. The molecule has 0 radical (unpaired) electrons. The van der Waals surface area contributed by atoms with E-state index < -0.39 is 5.97 Å². The Labute approximate surface area is 190 Å². The maximum Gasteiger partial charge on any atom is 0.325 e. The van der Waals surface area contributed by atoms with Crippen LogP contribution in [0.25, 0.3) is 16.7 Å². The molecule has 4 saturated carbocycles. The van der Waals surface area contributed by atoms with Crippen molar-refractivity contribution in [1.29, 1.82) is 0 Å². The van der Waals surface area contributed by atoms with Crippen LogP contribution in [0.3, 0.4) is 0 Å². The molecule has 4 aliphatic rings. The lowest BCUT2D eigenvalue weighted by Crippen LogP contribution is -2.54. The second-order valence-electron chi connectivity index (χ2n) is 10.2. The summed E-state index contributed by atoms with van der Waals surface area (Å²) in [5.41, 5.74) is 0.199. The first kappa shape index (κ1) is 20.4. The lowest BCUT2D eigenvalue weighted by molar-refractivity contribution is -0.151. The summed E-state index contributed by atoms with van der Waals surface area (Å²) >= 11 is 0. The highest BCUT2D eigenvalue weighted by Crippen LogP contribution is 2.60. The number of aryl methyl sites for hydroxylation is 1. The molecule has 4 aliphatic carbocycles. The molecule has 2 heterocycles. The number of fused-ring (bicyclic) bond motifs is 3. The molecule has 9 heteroatoms. The molecule has 7 rings (SSSR count). The van der Waals surface area contributed by atoms with E-state index in [4.69, 9.17) is 4.74 Å². The van der Waals surface area contributed by atoms with Gasteiger partial charge in [-0.2, -0.15) is 0 Å². The number of rotatable bonds is 5. The second-order valence-corrected chi connectivity index (χ2v) is 10.2. The van der Waals surface area contributed by atoms with Gasteiger partial charge >= 0.3 is 5.97 Å². The number of aromatic nitrogens is 4. The van der Waals surface area contributed by atoms with Crippen molar-refractivity contribution in [2.45, 2.75) is 45.1 Å². The van der Waals surface area contributed by atoms with E-state index in [1.165, 1.54) is 23.8 Å². The fraction of sp³-hybridized carbons (Fsp3) is 0.542. The van der Waals surface area contributed by atoms with Crippen LogP contribution < -0.4 is 10.9 Å². The van der Waals surface area contributed by atoms with Crippen molar-refractivity contribution in [2.24, 2.45) is 30.2 Å². The van der Waals surface area contributed by atoms with Crippen LogP contribution >= 0.6 is 0 Å². The predicted octanol–water partition coefficient (Wildman–Crippen LogP) is 1.96. The molecule has 4 bridgehead atoms. The second kappa shape index (κ2) is 7.40. The van der Waals surface area contributed by atoms with Gasteiger partial charge in [-0.3, -0.25) is 23.4 Å². The monoisotopic (exact) mass is 449 g/mol. The van der Waals surface area contributed by atoms with Gasteiger partial charge < -0.3 is 10.1 Å². The third-order valence-corrected chi connectivity index (χ3v) is 7.97. The summed E-state index contributed by atoms with van der Waals surface area (Å²) in [6, 6.07) is 7.18. The number of para-hydroxylation sites is 1. The lowest BCUT2D eigenvalue weighted by atomic mass is 9.49. The summed E-state index contributed by atoms with van der Waals surface area (Å²) in [5.74, 6) is 2.28. The topological polar surface area (TPSA) is 108 Å². The first-order valence-corrected chi connectivity index (χ1v) is 11.7. The third-order valence-electron chi connectivity index (χ3n) is 7.97. The van der Waals surface area contributed by atoms with Crippen molar-refractivity contribution in [1.82, 2.24) is 24.5 Å². The van der Waals surface area contributed by atoms with Crippen LogP contribution in [0, 0.1) is 23.2 Å². The van der Waals surface area contributed by atoms with Gasteiger partial charge in [0.15, 0.2) is 12.4 Å². The van der Waals surface area contributed by atoms with Crippen molar-refractivity contribution in [3.05, 3.63) is 40.4 Å². The Bertz CT molecular complexity index is 1300. The zero-order chi connectivity index (χ0) is 22.7. The zero-order valence-electron chi connectivity index (χ0n) is 18.6. The molecular formula is C24H27N5O4. The number of benzene rings is 1. The maximum atomic E-state index is 13.0. The van der Waals surface area contributed by atoms with E-state index in [2.05, 4.69) is 15.5 Å². The molecule has 1 N–H and O–H groups in total. The summed E-state index contributed by atoms with van der Waals surface area (Å²) in [7, 11) is 1.63. The molecule has 4 fully saturated rings. The highest BCUT2D eigenvalue weighted by Gasteiger charge is 2.54. The number of nitrogens with one attached hydrogen (secondary N) is 1. The minimum atomic E-state index is -0.515. The minimum Gasteiger partial charge on any atom is -0.456 e. The largest absolute Gasteiger partial charge is 0.456 e. The summed E-state index contributed by atoms with van der Waals surface area (Å²) in [6.07, 6.45) is 6.66. The zero-order valence-corrected chi connectivity index (χ0v) is 18.6. The molecule has 0 atom stereocenters. The van der Waals surface area contributed by atoms with E-state index >= 15 is 0 Å². The SMILES string of the molecule is Cn1c(=O)c2ccccc2n2c(COC(=O)CNC(=O)C34CC5CC(CC(C5)C3)C4)nnc12. The smallest absolute Gasteiger partial charge is 0.325 e. The molecule has 0 unspecified atom stereocenters. The number of ether oxygens (including phenoxy) is 1. The Balaban J connectivity index is 1.14. The molecule has 33 heavy (non-hydrogen) atoms. The quantitative estimate of drug-likeness (QED) is 0.597. The number of nitrogens with zero attached hydrogens (tertiary/aromatic N) is 4. The number of esters is 1. The number of hydrogen-bond acceptors (Lipinski definition) is 6. The van der Waals surface area contributed by atoms with Crippen LogP contribution in [0.15, 0.2) is 29.1 Å². The average Bonchev–Trinajstić information content (AvgIpc) is 3.23. The molecule has 3 aromatic rings. The molecule has 0 spiro atoms. The lowest BCUT2D eigenvalue weighted by Gasteiger charge is -2.55. The van der Waals surface area contributed by atoms with E-state index in [1.807, 2.05) is 12.1 Å². The summed E-state index contributed by atoms with van der Waals surface area (Å²) in [6.45, 7) is -0.258. The molecule has 0 aliphatic heterocycles. The van der Waals surface area contributed by atoms with Gasteiger partial charge in [0.2, 0.25) is 11.7 Å². The van der Waals surface area contributed by atoms with E-state index in [-0.39, 0.29) is 30.0 Å². The highest BCUT2D eigenvalue weighted by atomic mass is 16.5. The van der Waals surface area contributed by atoms with Crippen molar-refractivity contribution < 1.29 is 14.3 Å². The first-order chi connectivity index (χ1) is 15.9. The normalized spacial score (nSPS) is 27.8. The molecule has 1 amide bonds.